The molecule has 1 fully saturated rings. The van der Waals surface area contributed by atoms with Crippen LogP contribution in [0.1, 0.15) is 45.0 Å². The lowest BCUT2D eigenvalue weighted by Gasteiger charge is -2.13. The Morgan fingerprint density at radius 1 is 1.30 bits per heavy atom. The minimum atomic E-state index is -0.372. The van der Waals surface area contributed by atoms with Crippen LogP contribution in [0.3, 0.4) is 0 Å². The van der Waals surface area contributed by atoms with Gasteiger partial charge in [0.25, 0.3) is 0 Å². The van der Waals surface area contributed by atoms with Gasteiger partial charge in [0.15, 0.2) is 0 Å². The van der Waals surface area contributed by atoms with Crippen molar-refractivity contribution in [3.05, 3.63) is 23.8 Å². The third-order valence-electron chi connectivity index (χ3n) is 4.92. The fourth-order valence-electron chi connectivity index (χ4n) is 2.79. The molecule has 0 aromatic heterocycles. The van der Waals surface area contributed by atoms with E-state index >= 15 is 0 Å². The Kier molecular flexibility index (Phi) is 3.44. The molecule has 1 saturated carbocycles. The number of nitrogens with two attached hydrogens (primary N) is 1. The number of hydrogen-bond donors (Lipinski definition) is 2. The normalized spacial score (nSPS) is 19.4. The SMILES string of the molecule is CCOC(=O)c1cccc(NC2C(C)(C)C2(C)C)c1N. The van der Waals surface area contributed by atoms with Gasteiger partial charge in [-0.05, 0) is 29.9 Å². The molecule has 0 heterocycles. The van der Waals surface area contributed by atoms with Gasteiger partial charge in [0.1, 0.15) is 0 Å². The van der Waals surface area contributed by atoms with Gasteiger partial charge in [0.05, 0.1) is 23.5 Å². The second kappa shape index (κ2) is 4.69. The molecule has 0 amide bonds. The highest BCUT2D eigenvalue weighted by atomic mass is 16.5. The van der Waals surface area contributed by atoms with Crippen molar-refractivity contribution in [2.45, 2.75) is 40.7 Å². The molecule has 0 radical (unpaired) electrons. The number of para-hydroxylation sites is 1. The van der Waals surface area contributed by atoms with Gasteiger partial charge in [0.2, 0.25) is 0 Å². The lowest BCUT2D eigenvalue weighted by atomic mass is 10.0. The summed E-state index contributed by atoms with van der Waals surface area (Å²) in [6.45, 7) is 11.1. The van der Waals surface area contributed by atoms with Gasteiger partial charge in [0, 0.05) is 6.04 Å². The summed E-state index contributed by atoms with van der Waals surface area (Å²) in [4.78, 5) is 11.8. The third-order valence-corrected chi connectivity index (χ3v) is 4.92. The zero-order chi connectivity index (χ0) is 15.1. The first-order valence-corrected chi connectivity index (χ1v) is 7.05. The van der Waals surface area contributed by atoms with Crippen molar-refractivity contribution in [1.29, 1.82) is 0 Å². The summed E-state index contributed by atoms with van der Waals surface area (Å²) in [6.07, 6.45) is 0. The minimum Gasteiger partial charge on any atom is -0.462 e. The first kappa shape index (κ1) is 14.7. The van der Waals surface area contributed by atoms with Crippen molar-refractivity contribution in [2.24, 2.45) is 10.8 Å². The number of hydrogen-bond acceptors (Lipinski definition) is 4. The monoisotopic (exact) mass is 276 g/mol. The summed E-state index contributed by atoms with van der Waals surface area (Å²) in [5.41, 5.74) is 8.21. The molecule has 0 spiro atoms. The molecule has 4 nitrogen and oxygen atoms in total. The molecule has 0 bridgehead atoms. The maximum atomic E-state index is 11.8. The Bertz CT molecular complexity index is 521. The second-order valence-corrected chi connectivity index (χ2v) is 6.51. The number of carbonyl (C=O) groups excluding carboxylic acids is 1. The van der Waals surface area contributed by atoms with Crippen LogP contribution in [0.2, 0.25) is 0 Å². The van der Waals surface area contributed by atoms with E-state index in [-0.39, 0.29) is 16.8 Å². The van der Waals surface area contributed by atoms with E-state index in [9.17, 15) is 4.79 Å². The van der Waals surface area contributed by atoms with Crippen LogP contribution in [0.4, 0.5) is 11.4 Å². The van der Waals surface area contributed by atoms with Crippen molar-refractivity contribution in [3.63, 3.8) is 0 Å². The fraction of sp³-hybridized carbons (Fsp3) is 0.562. The summed E-state index contributed by atoms with van der Waals surface area (Å²) in [6, 6.07) is 5.77. The average molecular weight is 276 g/mol. The number of nitrogens with one attached hydrogen (secondary N) is 1. The van der Waals surface area contributed by atoms with Crippen LogP contribution in [0.15, 0.2) is 18.2 Å². The van der Waals surface area contributed by atoms with Crippen LogP contribution in [0.5, 0.6) is 0 Å². The summed E-state index contributed by atoms with van der Waals surface area (Å²) in [5.74, 6) is -0.372. The average Bonchev–Trinajstić information content (AvgIpc) is 2.74. The lowest BCUT2D eigenvalue weighted by molar-refractivity contribution is 0.0527. The van der Waals surface area contributed by atoms with Gasteiger partial charge in [-0.2, -0.15) is 0 Å². The molecular weight excluding hydrogens is 252 g/mol. The van der Waals surface area contributed by atoms with Gasteiger partial charge in [-0.25, -0.2) is 4.79 Å². The zero-order valence-electron chi connectivity index (χ0n) is 12.9. The molecule has 1 aromatic carbocycles. The number of rotatable bonds is 4. The third kappa shape index (κ3) is 2.13. The molecule has 1 aliphatic carbocycles. The van der Waals surface area contributed by atoms with E-state index in [0.717, 1.165) is 5.69 Å². The summed E-state index contributed by atoms with van der Waals surface area (Å²) < 4.78 is 5.02. The first-order chi connectivity index (χ1) is 9.23. The van der Waals surface area contributed by atoms with E-state index in [4.69, 9.17) is 10.5 Å². The second-order valence-electron chi connectivity index (χ2n) is 6.51. The van der Waals surface area contributed by atoms with E-state index in [1.165, 1.54) is 0 Å². The minimum absolute atomic E-state index is 0.208. The van der Waals surface area contributed by atoms with E-state index in [2.05, 4.69) is 33.0 Å². The number of ether oxygens (including phenoxy) is 1. The number of carbonyl (C=O) groups is 1. The fourth-order valence-corrected chi connectivity index (χ4v) is 2.79. The van der Waals surface area contributed by atoms with Crippen molar-refractivity contribution < 1.29 is 9.53 Å². The predicted molar refractivity (Wildman–Crippen MR) is 81.8 cm³/mol. The Hall–Kier alpha value is -1.71. The van der Waals surface area contributed by atoms with Crippen LogP contribution in [-0.2, 0) is 4.74 Å². The first-order valence-electron chi connectivity index (χ1n) is 7.05. The summed E-state index contributed by atoms with van der Waals surface area (Å²) in [7, 11) is 0. The van der Waals surface area contributed by atoms with Crippen molar-refractivity contribution in [3.8, 4) is 0 Å². The van der Waals surface area contributed by atoms with Gasteiger partial charge in [-0.3, -0.25) is 0 Å². The molecule has 0 atom stereocenters. The van der Waals surface area contributed by atoms with Crippen LogP contribution < -0.4 is 11.1 Å². The molecule has 20 heavy (non-hydrogen) atoms. The van der Waals surface area contributed by atoms with E-state index in [1.54, 1.807) is 13.0 Å². The molecule has 1 aliphatic rings. The highest BCUT2D eigenvalue weighted by Crippen LogP contribution is 2.63. The molecule has 0 saturated heterocycles. The Labute approximate surface area is 120 Å². The Balaban J connectivity index is 2.23. The quantitative estimate of drug-likeness (QED) is 0.654. The topological polar surface area (TPSA) is 64.3 Å². The highest BCUT2D eigenvalue weighted by molar-refractivity contribution is 5.98. The standard InChI is InChI=1S/C16H24N2O2/c1-6-20-13(19)10-8-7-9-11(12(10)17)18-14-15(2,3)16(14,4)5/h7-9,14,18H,6,17H2,1-5H3. The van der Waals surface area contributed by atoms with E-state index < -0.39 is 0 Å². The summed E-state index contributed by atoms with van der Waals surface area (Å²) >= 11 is 0. The maximum Gasteiger partial charge on any atom is 0.340 e. The van der Waals surface area contributed by atoms with Crippen LogP contribution in [0, 0.1) is 10.8 Å². The molecule has 110 valence electrons. The van der Waals surface area contributed by atoms with Gasteiger partial charge in [-0.1, -0.05) is 33.8 Å². The predicted octanol–water partition coefficient (Wildman–Crippen LogP) is 3.29. The van der Waals surface area contributed by atoms with Crippen molar-refractivity contribution in [1.82, 2.24) is 0 Å². The Morgan fingerprint density at radius 2 is 1.90 bits per heavy atom. The smallest absolute Gasteiger partial charge is 0.340 e. The van der Waals surface area contributed by atoms with Gasteiger partial charge < -0.3 is 15.8 Å². The maximum absolute atomic E-state index is 11.8. The molecule has 3 N–H and O–H groups in total. The number of nitrogen functional groups attached to an aromatic ring is 1. The molecule has 1 aromatic rings. The number of anilines is 2. The Morgan fingerprint density at radius 3 is 2.40 bits per heavy atom. The van der Waals surface area contributed by atoms with Gasteiger partial charge >= 0.3 is 5.97 Å². The highest BCUT2D eigenvalue weighted by Gasteiger charge is 2.65. The largest absolute Gasteiger partial charge is 0.462 e. The summed E-state index contributed by atoms with van der Waals surface area (Å²) in [5, 5.41) is 3.47. The molecule has 4 heteroatoms. The van der Waals surface area contributed by atoms with Crippen molar-refractivity contribution >= 4 is 17.3 Å². The molecule has 2 rings (SSSR count). The van der Waals surface area contributed by atoms with Gasteiger partial charge in [-0.15, -0.1) is 0 Å². The zero-order valence-corrected chi connectivity index (χ0v) is 12.9. The van der Waals surface area contributed by atoms with Crippen molar-refractivity contribution in [2.75, 3.05) is 17.7 Å². The number of benzene rings is 1. The van der Waals surface area contributed by atoms with Crippen LogP contribution in [-0.4, -0.2) is 18.6 Å². The number of esters is 1. The molecule has 0 aliphatic heterocycles. The lowest BCUT2D eigenvalue weighted by Crippen LogP contribution is -2.14. The van der Waals surface area contributed by atoms with E-state index in [1.807, 2.05) is 12.1 Å². The van der Waals surface area contributed by atoms with E-state index in [0.29, 0.717) is 23.9 Å². The molecule has 0 unspecified atom stereocenters. The van der Waals surface area contributed by atoms with Crippen LogP contribution >= 0.6 is 0 Å². The molecular formula is C16H24N2O2. The van der Waals surface area contributed by atoms with Crippen LogP contribution in [0.25, 0.3) is 0 Å².